The Morgan fingerprint density at radius 3 is 2.26 bits per heavy atom. The quantitative estimate of drug-likeness (QED) is 0.860. The van der Waals surface area contributed by atoms with E-state index in [1.807, 2.05) is 0 Å². The van der Waals surface area contributed by atoms with Gasteiger partial charge >= 0.3 is 0 Å². The Balaban J connectivity index is 1.78. The molecule has 1 atom stereocenters. The van der Waals surface area contributed by atoms with E-state index in [0.29, 0.717) is 30.6 Å². The zero-order chi connectivity index (χ0) is 14.1. The van der Waals surface area contributed by atoms with Crippen LogP contribution in [-0.2, 0) is 10.0 Å². The predicted molar refractivity (Wildman–Crippen MR) is 78.6 cm³/mol. The molecular weight excluding hydrogens is 260 g/mol. The van der Waals surface area contributed by atoms with Crippen molar-refractivity contribution in [2.75, 3.05) is 18.8 Å². The SMILES string of the molecule is CCS(=O)(=O)N1CCC(NC2CCC(C)(C)C2)CC1. The topological polar surface area (TPSA) is 49.4 Å². The number of hydrogen-bond acceptors (Lipinski definition) is 3. The van der Waals surface area contributed by atoms with Gasteiger partial charge in [0.1, 0.15) is 0 Å². The Hall–Kier alpha value is -0.130. The smallest absolute Gasteiger partial charge is 0.213 e. The fourth-order valence-corrected chi connectivity index (χ4v) is 4.53. The molecule has 1 saturated carbocycles. The van der Waals surface area contributed by atoms with E-state index in [4.69, 9.17) is 0 Å². The molecule has 4 nitrogen and oxygen atoms in total. The minimum absolute atomic E-state index is 0.224. The van der Waals surface area contributed by atoms with Crippen LogP contribution >= 0.6 is 0 Å². The van der Waals surface area contributed by atoms with E-state index in [1.54, 1.807) is 11.2 Å². The van der Waals surface area contributed by atoms with Crippen LogP contribution in [0.15, 0.2) is 0 Å². The molecule has 19 heavy (non-hydrogen) atoms. The van der Waals surface area contributed by atoms with Crippen molar-refractivity contribution in [3.05, 3.63) is 0 Å². The van der Waals surface area contributed by atoms with Gasteiger partial charge in [-0.3, -0.25) is 0 Å². The van der Waals surface area contributed by atoms with Crippen LogP contribution in [0.5, 0.6) is 0 Å². The van der Waals surface area contributed by atoms with Crippen LogP contribution in [-0.4, -0.2) is 43.6 Å². The van der Waals surface area contributed by atoms with Crippen molar-refractivity contribution >= 4 is 10.0 Å². The summed E-state index contributed by atoms with van der Waals surface area (Å²) < 4.78 is 25.2. The van der Waals surface area contributed by atoms with E-state index in [1.165, 1.54) is 19.3 Å². The van der Waals surface area contributed by atoms with Crippen LogP contribution in [0.3, 0.4) is 0 Å². The first-order chi connectivity index (χ1) is 8.82. The number of nitrogens with zero attached hydrogens (tertiary/aromatic N) is 1. The summed E-state index contributed by atoms with van der Waals surface area (Å²) in [5.74, 6) is 0.224. The Morgan fingerprint density at radius 1 is 1.16 bits per heavy atom. The molecule has 2 fully saturated rings. The summed E-state index contributed by atoms with van der Waals surface area (Å²) in [6.45, 7) is 7.77. The molecule has 0 aromatic rings. The zero-order valence-corrected chi connectivity index (χ0v) is 13.3. The number of sulfonamides is 1. The van der Waals surface area contributed by atoms with E-state index in [2.05, 4.69) is 19.2 Å². The second kappa shape index (κ2) is 5.70. The van der Waals surface area contributed by atoms with Crippen LogP contribution in [0.25, 0.3) is 0 Å². The molecule has 5 heteroatoms. The molecule has 1 heterocycles. The normalized spacial score (nSPS) is 29.7. The molecule has 1 unspecified atom stereocenters. The van der Waals surface area contributed by atoms with Gasteiger partial charge in [0.25, 0.3) is 0 Å². The molecule has 1 N–H and O–H groups in total. The maximum atomic E-state index is 11.8. The summed E-state index contributed by atoms with van der Waals surface area (Å²) in [5.41, 5.74) is 0.476. The summed E-state index contributed by atoms with van der Waals surface area (Å²) in [7, 11) is -2.98. The second-order valence-corrected chi connectivity index (χ2v) is 9.10. The van der Waals surface area contributed by atoms with Gasteiger partial charge in [0, 0.05) is 25.2 Å². The predicted octanol–water partition coefficient (Wildman–Crippen LogP) is 1.97. The molecule has 0 aromatic carbocycles. The minimum Gasteiger partial charge on any atom is -0.311 e. The summed E-state index contributed by atoms with van der Waals surface area (Å²) in [6, 6.07) is 1.14. The van der Waals surface area contributed by atoms with Gasteiger partial charge in [-0.15, -0.1) is 0 Å². The third-order valence-electron chi connectivity index (χ3n) is 4.65. The molecular formula is C14H28N2O2S. The first-order valence-electron chi connectivity index (χ1n) is 7.56. The lowest BCUT2D eigenvalue weighted by atomic mass is 9.91. The molecule has 2 aliphatic rings. The highest BCUT2D eigenvalue weighted by Crippen LogP contribution is 2.37. The van der Waals surface area contributed by atoms with Gasteiger partial charge in [-0.25, -0.2) is 12.7 Å². The lowest BCUT2D eigenvalue weighted by Gasteiger charge is -2.33. The van der Waals surface area contributed by atoms with Gasteiger partial charge < -0.3 is 5.32 Å². The summed E-state index contributed by atoms with van der Waals surface area (Å²) >= 11 is 0. The average molecular weight is 288 g/mol. The van der Waals surface area contributed by atoms with Crippen LogP contribution in [0.1, 0.15) is 52.9 Å². The third kappa shape index (κ3) is 3.92. The molecule has 0 radical (unpaired) electrons. The lowest BCUT2D eigenvalue weighted by Crippen LogP contribution is -2.47. The summed E-state index contributed by atoms with van der Waals surface area (Å²) in [4.78, 5) is 0. The minimum atomic E-state index is -2.98. The Kier molecular flexibility index (Phi) is 4.58. The van der Waals surface area contributed by atoms with Gasteiger partial charge in [0.2, 0.25) is 10.0 Å². The van der Waals surface area contributed by atoms with E-state index >= 15 is 0 Å². The largest absolute Gasteiger partial charge is 0.311 e. The first kappa shape index (κ1) is 15.3. The average Bonchev–Trinajstić information content (AvgIpc) is 2.69. The van der Waals surface area contributed by atoms with Crippen molar-refractivity contribution in [1.82, 2.24) is 9.62 Å². The number of piperidine rings is 1. The first-order valence-corrected chi connectivity index (χ1v) is 9.17. The molecule has 1 aliphatic carbocycles. The molecule has 0 aromatic heterocycles. The summed E-state index contributed by atoms with van der Waals surface area (Å²) in [6.07, 6.45) is 5.72. The van der Waals surface area contributed by atoms with Crippen LogP contribution in [0, 0.1) is 5.41 Å². The molecule has 0 amide bonds. The molecule has 0 bridgehead atoms. The van der Waals surface area contributed by atoms with E-state index in [-0.39, 0.29) is 5.75 Å². The highest BCUT2D eigenvalue weighted by atomic mass is 32.2. The number of nitrogens with one attached hydrogen (secondary N) is 1. The highest BCUT2D eigenvalue weighted by Gasteiger charge is 2.33. The van der Waals surface area contributed by atoms with Gasteiger partial charge in [0.15, 0.2) is 0 Å². The Bertz CT molecular complexity index is 398. The number of hydrogen-bond donors (Lipinski definition) is 1. The summed E-state index contributed by atoms with van der Waals surface area (Å²) in [5, 5.41) is 3.74. The fraction of sp³-hybridized carbons (Fsp3) is 1.00. The number of rotatable bonds is 4. The molecule has 112 valence electrons. The Morgan fingerprint density at radius 2 is 1.79 bits per heavy atom. The Labute approximate surface area is 118 Å². The van der Waals surface area contributed by atoms with E-state index in [0.717, 1.165) is 12.8 Å². The molecule has 0 spiro atoms. The van der Waals surface area contributed by atoms with Crippen LogP contribution < -0.4 is 5.32 Å². The maximum Gasteiger partial charge on any atom is 0.213 e. The lowest BCUT2D eigenvalue weighted by molar-refractivity contribution is 0.267. The maximum absolute atomic E-state index is 11.8. The van der Waals surface area contributed by atoms with Crippen molar-refractivity contribution in [2.45, 2.75) is 65.0 Å². The van der Waals surface area contributed by atoms with Gasteiger partial charge in [-0.1, -0.05) is 13.8 Å². The van der Waals surface area contributed by atoms with Gasteiger partial charge in [-0.2, -0.15) is 0 Å². The van der Waals surface area contributed by atoms with Crippen molar-refractivity contribution in [3.63, 3.8) is 0 Å². The second-order valence-electron chi connectivity index (χ2n) is 6.84. The van der Waals surface area contributed by atoms with Crippen LogP contribution in [0.2, 0.25) is 0 Å². The third-order valence-corrected chi connectivity index (χ3v) is 6.53. The molecule has 2 rings (SSSR count). The highest BCUT2D eigenvalue weighted by molar-refractivity contribution is 7.89. The van der Waals surface area contributed by atoms with Crippen molar-refractivity contribution in [3.8, 4) is 0 Å². The van der Waals surface area contributed by atoms with E-state index < -0.39 is 10.0 Å². The fourth-order valence-electron chi connectivity index (χ4n) is 3.39. The van der Waals surface area contributed by atoms with Crippen molar-refractivity contribution in [2.24, 2.45) is 5.41 Å². The van der Waals surface area contributed by atoms with E-state index in [9.17, 15) is 8.42 Å². The molecule has 1 aliphatic heterocycles. The van der Waals surface area contributed by atoms with Gasteiger partial charge in [0.05, 0.1) is 5.75 Å². The monoisotopic (exact) mass is 288 g/mol. The van der Waals surface area contributed by atoms with Crippen LogP contribution in [0.4, 0.5) is 0 Å². The van der Waals surface area contributed by atoms with Crippen molar-refractivity contribution < 1.29 is 8.42 Å². The molecule has 1 saturated heterocycles. The zero-order valence-electron chi connectivity index (χ0n) is 12.5. The van der Waals surface area contributed by atoms with Crippen molar-refractivity contribution in [1.29, 1.82) is 0 Å². The standard InChI is InChI=1S/C14H28N2O2S/c1-4-19(17,18)16-9-6-12(7-10-16)15-13-5-8-14(2,3)11-13/h12-13,15H,4-11H2,1-3H3. The van der Waals surface area contributed by atoms with Gasteiger partial charge in [-0.05, 0) is 44.4 Å².